The second kappa shape index (κ2) is 9.14. The molecule has 1 N–H and O–H groups in total. The van der Waals surface area contributed by atoms with Crippen molar-refractivity contribution in [3.63, 3.8) is 0 Å². The second-order valence-corrected chi connectivity index (χ2v) is 7.32. The first-order chi connectivity index (χ1) is 13.1. The van der Waals surface area contributed by atoms with Crippen molar-refractivity contribution in [2.24, 2.45) is 0 Å². The van der Waals surface area contributed by atoms with Crippen LogP contribution < -0.4 is 14.8 Å². The molecule has 2 aromatic carbocycles. The molecule has 0 radical (unpaired) electrons. The van der Waals surface area contributed by atoms with E-state index in [-0.39, 0.29) is 5.91 Å². The molecule has 0 saturated heterocycles. The summed E-state index contributed by atoms with van der Waals surface area (Å²) in [6.45, 7) is 4.75. The quantitative estimate of drug-likeness (QED) is 0.701. The maximum atomic E-state index is 12.6. The van der Waals surface area contributed by atoms with Gasteiger partial charge in [0, 0.05) is 22.2 Å². The van der Waals surface area contributed by atoms with Gasteiger partial charge in [0.2, 0.25) is 0 Å². The monoisotopic (exact) mass is 387 g/mol. The summed E-state index contributed by atoms with van der Waals surface area (Å²) in [6, 6.07) is 11.4. The highest BCUT2D eigenvalue weighted by molar-refractivity contribution is 6.31. The Morgan fingerprint density at radius 3 is 2.63 bits per heavy atom. The van der Waals surface area contributed by atoms with Crippen LogP contribution in [0.25, 0.3) is 0 Å². The number of carbonyl (C=O) groups excluding carboxylic acids is 1. The Balaban J connectivity index is 1.74. The largest absolute Gasteiger partial charge is 0.493 e. The van der Waals surface area contributed by atoms with Gasteiger partial charge in [0.25, 0.3) is 5.91 Å². The topological polar surface area (TPSA) is 47.6 Å². The van der Waals surface area contributed by atoms with Crippen LogP contribution in [0.5, 0.6) is 11.5 Å². The van der Waals surface area contributed by atoms with Gasteiger partial charge in [-0.3, -0.25) is 4.79 Å². The summed E-state index contributed by atoms with van der Waals surface area (Å²) in [6.07, 6.45) is 4.50. The molecule has 0 heterocycles. The Morgan fingerprint density at radius 1 is 1.15 bits per heavy atom. The molecule has 3 rings (SSSR count). The molecule has 0 aromatic heterocycles. The Hall–Kier alpha value is -2.20. The molecule has 0 atom stereocenters. The maximum Gasteiger partial charge on any atom is 0.251 e. The highest BCUT2D eigenvalue weighted by atomic mass is 35.5. The minimum atomic E-state index is -0.0338. The minimum absolute atomic E-state index is 0.0338. The molecule has 4 nitrogen and oxygen atoms in total. The van der Waals surface area contributed by atoms with Crippen LogP contribution in [0.3, 0.4) is 0 Å². The lowest BCUT2D eigenvalue weighted by Gasteiger charge is -2.15. The van der Waals surface area contributed by atoms with Gasteiger partial charge in [-0.2, -0.15) is 0 Å². The number of benzene rings is 2. The van der Waals surface area contributed by atoms with Crippen LogP contribution in [-0.2, 0) is 6.61 Å². The first kappa shape index (κ1) is 19.6. The molecule has 1 aliphatic rings. The lowest BCUT2D eigenvalue weighted by Crippen LogP contribution is -2.32. The van der Waals surface area contributed by atoms with Crippen molar-refractivity contribution >= 4 is 17.5 Å². The van der Waals surface area contributed by atoms with E-state index in [1.807, 2.05) is 50.2 Å². The summed E-state index contributed by atoms with van der Waals surface area (Å²) in [5.41, 5.74) is 2.45. The van der Waals surface area contributed by atoms with E-state index in [9.17, 15) is 4.79 Å². The fourth-order valence-electron chi connectivity index (χ4n) is 3.34. The van der Waals surface area contributed by atoms with E-state index in [0.29, 0.717) is 29.8 Å². The van der Waals surface area contributed by atoms with Gasteiger partial charge in [0.05, 0.1) is 6.61 Å². The number of nitrogens with one attached hydrogen (secondary N) is 1. The molecule has 144 valence electrons. The van der Waals surface area contributed by atoms with Gasteiger partial charge in [-0.05, 0) is 68.7 Å². The first-order valence-corrected chi connectivity index (χ1v) is 9.90. The number of halogens is 1. The molecule has 0 bridgehead atoms. The molecule has 1 aliphatic carbocycles. The summed E-state index contributed by atoms with van der Waals surface area (Å²) in [5.74, 6) is 1.44. The fraction of sp³-hybridized carbons (Fsp3) is 0.409. The lowest BCUT2D eigenvalue weighted by molar-refractivity contribution is 0.0937. The van der Waals surface area contributed by atoms with Crippen LogP contribution >= 0.6 is 11.6 Å². The molecule has 0 unspecified atom stereocenters. The summed E-state index contributed by atoms with van der Waals surface area (Å²) < 4.78 is 11.6. The van der Waals surface area contributed by atoms with Gasteiger partial charge in [-0.1, -0.05) is 24.4 Å². The van der Waals surface area contributed by atoms with Crippen LogP contribution in [0.1, 0.15) is 54.1 Å². The van der Waals surface area contributed by atoms with Gasteiger partial charge in [0.15, 0.2) is 0 Å². The number of amides is 1. The van der Waals surface area contributed by atoms with Crippen LogP contribution in [0, 0.1) is 6.92 Å². The molecule has 27 heavy (non-hydrogen) atoms. The van der Waals surface area contributed by atoms with E-state index in [0.717, 1.165) is 35.5 Å². The van der Waals surface area contributed by atoms with Gasteiger partial charge in [0.1, 0.15) is 18.1 Å². The molecule has 5 heteroatoms. The molecule has 1 fully saturated rings. The normalized spacial score (nSPS) is 14.2. The molecule has 1 amide bonds. The van der Waals surface area contributed by atoms with Crippen LogP contribution in [0.4, 0.5) is 0 Å². The van der Waals surface area contributed by atoms with Crippen molar-refractivity contribution in [3.8, 4) is 11.5 Å². The third-order valence-corrected chi connectivity index (χ3v) is 5.26. The van der Waals surface area contributed by atoms with E-state index in [1.165, 1.54) is 12.8 Å². The third kappa shape index (κ3) is 5.16. The van der Waals surface area contributed by atoms with E-state index < -0.39 is 0 Å². The average Bonchev–Trinajstić information content (AvgIpc) is 3.16. The predicted octanol–water partition coefficient (Wildman–Crippen LogP) is 5.30. The van der Waals surface area contributed by atoms with E-state index in [1.54, 1.807) is 0 Å². The molecule has 1 saturated carbocycles. The zero-order chi connectivity index (χ0) is 19.2. The first-order valence-electron chi connectivity index (χ1n) is 9.52. The highest BCUT2D eigenvalue weighted by Crippen LogP contribution is 2.26. The zero-order valence-electron chi connectivity index (χ0n) is 15.9. The van der Waals surface area contributed by atoms with Crippen LogP contribution in [0.2, 0.25) is 5.02 Å². The standard InChI is InChI=1S/C22H26ClNO3/c1-3-26-21-11-8-16(22(25)24-18-6-4-5-7-18)13-17(21)14-27-19-9-10-20(23)15(2)12-19/h8-13,18H,3-7,14H2,1-2H3,(H,24,25). The van der Waals surface area contributed by atoms with Gasteiger partial charge < -0.3 is 14.8 Å². The Bertz CT molecular complexity index is 800. The molecule has 0 aliphatic heterocycles. The van der Waals surface area contributed by atoms with Crippen molar-refractivity contribution in [1.82, 2.24) is 5.32 Å². The highest BCUT2D eigenvalue weighted by Gasteiger charge is 2.19. The second-order valence-electron chi connectivity index (χ2n) is 6.91. The minimum Gasteiger partial charge on any atom is -0.493 e. The van der Waals surface area contributed by atoms with E-state index in [2.05, 4.69) is 5.32 Å². The van der Waals surface area contributed by atoms with Crippen molar-refractivity contribution < 1.29 is 14.3 Å². The van der Waals surface area contributed by atoms with Crippen molar-refractivity contribution in [3.05, 3.63) is 58.1 Å². The Morgan fingerprint density at radius 2 is 1.93 bits per heavy atom. The van der Waals surface area contributed by atoms with Crippen molar-refractivity contribution in [2.45, 2.75) is 52.2 Å². The Kier molecular flexibility index (Phi) is 6.62. The van der Waals surface area contributed by atoms with E-state index in [4.69, 9.17) is 21.1 Å². The van der Waals surface area contributed by atoms with Crippen LogP contribution in [-0.4, -0.2) is 18.6 Å². The number of ether oxygens (including phenoxy) is 2. The Labute approximate surface area is 165 Å². The van der Waals surface area contributed by atoms with Crippen molar-refractivity contribution in [1.29, 1.82) is 0 Å². The number of hydrogen-bond acceptors (Lipinski definition) is 3. The molecule has 2 aromatic rings. The van der Waals surface area contributed by atoms with Gasteiger partial charge in [-0.15, -0.1) is 0 Å². The van der Waals surface area contributed by atoms with Gasteiger partial charge in [-0.25, -0.2) is 0 Å². The van der Waals surface area contributed by atoms with Crippen molar-refractivity contribution in [2.75, 3.05) is 6.61 Å². The SMILES string of the molecule is CCOc1ccc(C(=O)NC2CCCC2)cc1COc1ccc(Cl)c(C)c1. The van der Waals surface area contributed by atoms with E-state index >= 15 is 0 Å². The third-order valence-electron chi connectivity index (χ3n) is 4.84. The fourth-order valence-corrected chi connectivity index (χ4v) is 3.45. The lowest BCUT2D eigenvalue weighted by atomic mass is 10.1. The number of rotatable bonds is 7. The smallest absolute Gasteiger partial charge is 0.251 e. The summed E-state index contributed by atoms with van der Waals surface area (Å²) in [7, 11) is 0. The average molecular weight is 388 g/mol. The number of carbonyl (C=O) groups is 1. The van der Waals surface area contributed by atoms with Crippen LogP contribution in [0.15, 0.2) is 36.4 Å². The molecular weight excluding hydrogens is 362 g/mol. The number of aryl methyl sites for hydroxylation is 1. The molecular formula is C22H26ClNO3. The maximum absolute atomic E-state index is 12.6. The number of hydrogen-bond donors (Lipinski definition) is 1. The summed E-state index contributed by atoms with van der Waals surface area (Å²) in [4.78, 5) is 12.6. The molecule has 0 spiro atoms. The summed E-state index contributed by atoms with van der Waals surface area (Å²) in [5, 5.41) is 3.84. The summed E-state index contributed by atoms with van der Waals surface area (Å²) >= 11 is 6.07. The predicted molar refractivity (Wildman–Crippen MR) is 108 cm³/mol. The zero-order valence-corrected chi connectivity index (χ0v) is 16.6. The van der Waals surface area contributed by atoms with Gasteiger partial charge >= 0.3 is 0 Å².